The SMILES string of the molecule is C[Si]1(C)c2cc(N(c3ccccc3)c3ccc4c(c3)[Si](C)(C)c3cc(-c5ccccc5)c5oc6ccccc6c5c3-4)ccc2-c2cc3c(cc21)-c1c(ccc2oc4ccccc4c12)[Si]3(C)C. The molecule has 66 heavy (non-hydrogen) atoms. The summed E-state index contributed by atoms with van der Waals surface area (Å²) in [6.45, 7) is 15.3. The minimum atomic E-state index is -2.22. The molecule has 0 aliphatic carbocycles. The van der Waals surface area contributed by atoms with Crippen LogP contribution in [0.5, 0.6) is 0 Å². The maximum Gasteiger partial charge on any atom is 0.143 e. The molecule has 0 spiro atoms. The maximum atomic E-state index is 6.79. The average molecular weight is 898 g/mol. The fraction of sp³-hybridized carbons (Fsp3) is 0.100. The highest BCUT2D eigenvalue weighted by Crippen LogP contribution is 2.47. The Hall–Kier alpha value is -6.97. The number of rotatable bonds is 4. The van der Waals surface area contributed by atoms with Gasteiger partial charge in [-0.25, -0.2) is 0 Å². The highest BCUT2D eigenvalue weighted by molar-refractivity contribution is 7.06. The van der Waals surface area contributed by atoms with Crippen molar-refractivity contribution >= 4 is 116 Å². The lowest BCUT2D eigenvalue weighted by atomic mass is 9.94. The first-order chi connectivity index (χ1) is 32.0. The third kappa shape index (κ3) is 4.96. The van der Waals surface area contributed by atoms with E-state index in [1.54, 1.807) is 5.19 Å². The summed E-state index contributed by atoms with van der Waals surface area (Å²) in [6, 6.07) is 65.9. The quantitative estimate of drug-likeness (QED) is 0.165. The molecule has 0 amide bonds. The number of hydrogen-bond donors (Lipinski definition) is 0. The predicted molar refractivity (Wildman–Crippen MR) is 288 cm³/mol. The molecule has 9 aromatic carbocycles. The molecule has 3 aliphatic heterocycles. The molecule has 6 heteroatoms. The standard InChI is InChI=1S/C60H47NO2Si3/c1-64(2)50-30-29-49-56(41-21-13-15-23-47(41)62-49)58(50)46-35-53-45(34-54(46)64)40-27-25-38(31-51(40)65(53,3)4)61(37-19-11-8-12-20-37)39-26-28-43-52(32-39)66(5,6)55-33-44(36-17-9-7-10-18-36)60-59(57(43)55)42-22-14-16-24-48(42)63-60/h7-35H,1-6H3. The van der Waals surface area contributed by atoms with Crippen molar-refractivity contribution in [2.45, 2.75) is 39.3 Å². The molecule has 2 aromatic heterocycles. The van der Waals surface area contributed by atoms with E-state index in [0.29, 0.717) is 0 Å². The van der Waals surface area contributed by atoms with Gasteiger partial charge in [0, 0.05) is 44.2 Å². The van der Waals surface area contributed by atoms with Gasteiger partial charge in [-0.2, -0.15) is 0 Å². The van der Waals surface area contributed by atoms with E-state index in [0.717, 1.165) is 28.0 Å². The molecule has 0 bridgehead atoms. The molecule has 3 nitrogen and oxygen atoms in total. The van der Waals surface area contributed by atoms with E-state index in [1.165, 1.54) is 103 Å². The van der Waals surface area contributed by atoms with E-state index in [1.807, 2.05) is 0 Å². The molecule has 0 saturated heterocycles. The Bertz CT molecular complexity index is 3920. The summed E-state index contributed by atoms with van der Waals surface area (Å²) in [7, 11) is -6.41. The maximum absolute atomic E-state index is 6.79. The summed E-state index contributed by atoms with van der Waals surface area (Å²) in [5.41, 5.74) is 18.2. The predicted octanol–water partition coefficient (Wildman–Crippen LogP) is 13.0. The fourth-order valence-electron chi connectivity index (χ4n) is 12.5. The highest BCUT2D eigenvalue weighted by atomic mass is 28.3. The van der Waals surface area contributed by atoms with Crippen LogP contribution in [-0.4, -0.2) is 24.2 Å². The highest BCUT2D eigenvalue weighted by Gasteiger charge is 2.45. The first-order valence-electron chi connectivity index (χ1n) is 23.3. The van der Waals surface area contributed by atoms with Crippen molar-refractivity contribution in [1.82, 2.24) is 0 Å². The van der Waals surface area contributed by atoms with Gasteiger partial charge in [0.25, 0.3) is 0 Å². The molecule has 5 heterocycles. The van der Waals surface area contributed by atoms with Crippen LogP contribution < -0.4 is 36.0 Å². The molecule has 11 aromatic rings. The van der Waals surface area contributed by atoms with Gasteiger partial charge in [0.05, 0.1) is 0 Å². The molecule has 316 valence electrons. The summed E-state index contributed by atoms with van der Waals surface area (Å²) in [5, 5.41) is 14.0. The van der Waals surface area contributed by atoms with Gasteiger partial charge in [0.2, 0.25) is 0 Å². The van der Waals surface area contributed by atoms with Gasteiger partial charge in [0.15, 0.2) is 0 Å². The summed E-state index contributed by atoms with van der Waals surface area (Å²) in [5.74, 6) is 0. The van der Waals surface area contributed by atoms with Crippen molar-refractivity contribution in [3.05, 3.63) is 176 Å². The third-order valence-corrected chi connectivity index (χ3v) is 26.4. The Morgan fingerprint density at radius 2 is 0.848 bits per heavy atom. The van der Waals surface area contributed by atoms with E-state index in [4.69, 9.17) is 8.83 Å². The molecular weight excluding hydrogens is 851 g/mol. The second-order valence-electron chi connectivity index (χ2n) is 20.4. The largest absolute Gasteiger partial charge is 0.456 e. The smallest absolute Gasteiger partial charge is 0.143 e. The van der Waals surface area contributed by atoms with Crippen molar-refractivity contribution in [2.24, 2.45) is 0 Å². The first-order valence-corrected chi connectivity index (χ1v) is 32.3. The molecule has 0 unspecified atom stereocenters. The summed E-state index contributed by atoms with van der Waals surface area (Å²) < 4.78 is 13.3. The summed E-state index contributed by atoms with van der Waals surface area (Å²) >= 11 is 0. The molecule has 0 radical (unpaired) electrons. The third-order valence-electron chi connectivity index (χ3n) is 15.8. The van der Waals surface area contributed by atoms with E-state index < -0.39 is 24.2 Å². The van der Waals surface area contributed by atoms with Gasteiger partial charge in [-0.05, 0) is 125 Å². The number of para-hydroxylation sites is 3. The van der Waals surface area contributed by atoms with Crippen molar-refractivity contribution in [2.75, 3.05) is 4.90 Å². The van der Waals surface area contributed by atoms with Gasteiger partial charge in [0.1, 0.15) is 46.6 Å². The van der Waals surface area contributed by atoms with Crippen LogP contribution in [0.25, 0.3) is 88.4 Å². The Morgan fingerprint density at radius 1 is 0.333 bits per heavy atom. The van der Waals surface area contributed by atoms with Gasteiger partial charge in [-0.3, -0.25) is 0 Å². The number of hydrogen-bond acceptors (Lipinski definition) is 3. The second kappa shape index (κ2) is 13.1. The zero-order valence-corrected chi connectivity index (χ0v) is 41.0. The summed E-state index contributed by atoms with van der Waals surface area (Å²) in [6.07, 6.45) is 0. The average Bonchev–Trinajstić information content (AvgIpc) is 4.08. The van der Waals surface area contributed by atoms with Crippen molar-refractivity contribution in [3.8, 4) is 44.5 Å². The Morgan fingerprint density at radius 3 is 1.58 bits per heavy atom. The van der Waals surface area contributed by atoms with Gasteiger partial charge in [-0.15, -0.1) is 0 Å². The van der Waals surface area contributed by atoms with E-state index in [-0.39, 0.29) is 0 Å². The Kier molecular flexibility index (Phi) is 7.61. The van der Waals surface area contributed by atoms with Crippen LogP contribution in [0.2, 0.25) is 39.3 Å². The van der Waals surface area contributed by atoms with Crippen LogP contribution in [0.15, 0.2) is 185 Å². The lowest BCUT2D eigenvalue weighted by Crippen LogP contribution is -2.51. The number of anilines is 3. The van der Waals surface area contributed by atoms with Crippen LogP contribution in [0.4, 0.5) is 17.1 Å². The number of fused-ring (bicyclic) bond motifs is 17. The molecule has 0 atom stereocenters. The van der Waals surface area contributed by atoms with E-state index in [2.05, 4.69) is 220 Å². The topological polar surface area (TPSA) is 29.5 Å². The molecule has 0 N–H and O–H groups in total. The second-order valence-corrected chi connectivity index (χ2v) is 33.4. The van der Waals surface area contributed by atoms with Crippen LogP contribution in [0, 0.1) is 0 Å². The van der Waals surface area contributed by atoms with Crippen LogP contribution >= 0.6 is 0 Å². The number of benzene rings is 9. The van der Waals surface area contributed by atoms with Crippen molar-refractivity contribution in [3.63, 3.8) is 0 Å². The minimum Gasteiger partial charge on any atom is -0.456 e. The molecule has 14 rings (SSSR count). The van der Waals surface area contributed by atoms with E-state index >= 15 is 0 Å². The molecule has 0 saturated carbocycles. The zero-order valence-electron chi connectivity index (χ0n) is 38.0. The van der Waals surface area contributed by atoms with Crippen molar-refractivity contribution < 1.29 is 8.83 Å². The number of nitrogens with zero attached hydrogens (tertiary/aromatic N) is 1. The molecule has 3 aliphatic rings. The molecule has 0 fully saturated rings. The Balaban J connectivity index is 0.927. The van der Waals surface area contributed by atoms with Crippen molar-refractivity contribution in [1.29, 1.82) is 0 Å². The van der Waals surface area contributed by atoms with Gasteiger partial charge in [-0.1, -0.05) is 161 Å². The lowest BCUT2D eigenvalue weighted by molar-refractivity contribution is 0.669. The molecular formula is C60H47NO2Si3. The summed E-state index contributed by atoms with van der Waals surface area (Å²) in [4.78, 5) is 2.51. The first kappa shape index (κ1) is 38.3. The number of furan rings is 2. The van der Waals surface area contributed by atoms with Gasteiger partial charge >= 0.3 is 0 Å². The normalized spacial score (nSPS) is 15.5. The van der Waals surface area contributed by atoms with Crippen LogP contribution in [0.3, 0.4) is 0 Å². The van der Waals surface area contributed by atoms with Gasteiger partial charge < -0.3 is 13.7 Å². The van der Waals surface area contributed by atoms with Crippen LogP contribution in [-0.2, 0) is 0 Å². The van der Waals surface area contributed by atoms with E-state index in [9.17, 15) is 0 Å². The fourth-order valence-corrected chi connectivity index (χ4v) is 21.7. The zero-order chi connectivity index (χ0) is 44.4. The Labute approximate surface area is 387 Å². The monoisotopic (exact) mass is 897 g/mol. The minimum absolute atomic E-state index is 0.937. The van der Waals surface area contributed by atoms with Crippen LogP contribution in [0.1, 0.15) is 0 Å². The lowest BCUT2D eigenvalue weighted by Gasteiger charge is -2.29.